The normalized spacial score (nSPS) is 28.4. The average Bonchev–Trinajstić information content (AvgIpc) is 2.57. The van der Waals surface area contributed by atoms with Crippen LogP contribution in [0, 0.1) is 0 Å². The highest BCUT2D eigenvalue weighted by Gasteiger charge is 2.35. The number of hydrogen-bond donors (Lipinski definition) is 1. The van der Waals surface area contributed by atoms with Crippen LogP contribution in [-0.2, 0) is 0 Å². The van der Waals surface area contributed by atoms with E-state index in [2.05, 4.69) is 26.8 Å². The van der Waals surface area contributed by atoms with Crippen molar-refractivity contribution in [2.45, 2.75) is 31.3 Å². The lowest BCUT2D eigenvalue weighted by molar-refractivity contribution is 0.254. The molecule has 98 valence electrons. The van der Waals surface area contributed by atoms with Crippen molar-refractivity contribution >= 4 is 23.1 Å². The summed E-state index contributed by atoms with van der Waals surface area (Å²) in [5.41, 5.74) is 6.58. The summed E-state index contributed by atoms with van der Waals surface area (Å²) < 4.78 is 0. The number of nitrogens with zero attached hydrogens (tertiary/aromatic N) is 4. The Morgan fingerprint density at radius 1 is 1.33 bits per heavy atom. The minimum atomic E-state index is 0.266. The Balaban J connectivity index is 1.87. The molecular formula is C12H18ClN5. The predicted molar refractivity (Wildman–Crippen MR) is 72.9 cm³/mol. The molecule has 3 heterocycles. The molecule has 1 aromatic rings. The molecule has 0 aromatic carbocycles. The molecule has 2 bridgehead atoms. The van der Waals surface area contributed by atoms with Crippen LogP contribution in [0.5, 0.6) is 0 Å². The van der Waals surface area contributed by atoms with Gasteiger partial charge in [-0.05, 0) is 37.9 Å². The van der Waals surface area contributed by atoms with Gasteiger partial charge in [0.2, 0.25) is 5.28 Å². The zero-order valence-corrected chi connectivity index (χ0v) is 11.3. The monoisotopic (exact) mass is 267 g/mol. The number of fused-ring (bicyclic) bond motifs is 2. The van der Waals surface area contributed by atoms with Gasteiger partial charge in [-0.1, -0.05) is 0 Å². The van der Waals surface area contributed by atoms with Crippen molar-refractivity contribution in [3.05, 3.63) is 11.5 Å². The highest BCUT2D eigenvalue weighted by molar-refractivity contribution is 6.28. The zero-order chi connectivity index (χ0) is 12.7. The Kier molecular flexibility index (Phi) is 3.03. The number of rotatable bonds is 1. The van der Waals surface area contributed by atoms with Crippen LogP contribution in [-0.4, -0.2) is 47.1 Å². The van der Waals surface area contributed by atoms with Gasteiger partial charge in [-0.2, -0.15) is 4.98 Å². The number of aromatic nitrogens is 2. The first kappa shape index (κ1) is 12.0. The van der Waals surface area contributed by atoms with E-state index in [4.69, 9.17) is 17.3 Å². The van der Waals surface area contributed by atoms with Gasteiger partial charge < -0.3 is 10.6 Å². The second kappa shape index (κ2) is 4.55. The van der Waals surface area contributed by atoms with Crippen molar-refractivity contribution in [1.29, 1.82) is 0 Å². The number of likely N-dealkylation sites (N-methyl/N-ethyl adjacent to an activating group) is 1. The molecule has 2 fully saturated rings. The highest BCUT2D eigenvalue weighted by atomic mass is 35.5. The third-order valence-electron chi connectivity index (χ3n) is 4.21. The van der Waals surface area contributed by atoms with Gasteiger partial charge >= 0.3 is 0 Å². The molecule has 1 aromatic heterocycles. The lowest BCUT2D eigenvalue weighted by Crippen LogP contribution is -2.37. The molecule has 3 rings (SSSR count). The zero-order valence-electron chi connectivity index (χ0n) is 10.5. The van der Waals surface area contributed by atoms with Gasteiger partial charge in [-0.3, -0.25) is 4.90 Å². The van der Waals surface area contributed by atoms with Crippen LogP contribution in [0.2, 0.25) is 5.28 Å². The summed E-state index contributed by atoms with van der Waals surface area (Å²) in [5.74, 6) is 0.788. The van der Waals surface area contributed by atoms with Crippen molar-refractivity contribution < 1.29 is 0 Å². The lowest BCUT2D eigenvalue weighted by Gasteiger charge is -2.27. The van der Waals surface area contributed by atoms with Gasteiger partial charge in [0, 0.05) is 25.2 Å². The average molecular weight is 268 g/mol. The topological polar surface area (TPSA) is 58.3 Å². The van der Waals surface area contributed by atoms with Crippen molar-refractivity contribution in [1.82, 2.24) is 14.9 Å². The number of nitrogens with two attached hydrogens (primary N) is 1. The van der Waals surface area contributed by atoms with E-state index in [9.17, 15) is 0 Å². The van der Waals surface area contributed by atoms with E-state index < -0.39 is 0 Å². The number of nitrogen functional groups attached to an aromatic ring is 1. The van der Waals surface area contributed by atoms with Crippen LogP contribution in [0.25, 0.3) is 0 Å². The Morgan fingerprint density at radius 3 is 2.94 bits per heavy atom. The van der Waals surface area contributed by atoms with Crippen LogP contribution in [0.3, 0.4) is 0 Å². The van der Waals surface area contributed by atoms with Crippen molar-refractivity contribution in [2.24, 2.45) is 0 Å². The molecule has 0 amide bonds. The summed E-state index contributed by atoms with van der Waals surface area (Å²) in [7, 11) is 2.22. The fourth-order valence-electron chi connectivity index (χ4n) is 3.12. The molecule has 5 nitrogen and oxygen atoms in total. The minimum absolute atomic E-state index is 0.266. The van der Waals surface area contributed by atoms with E-state index in [0.29, 0.717) is 17.8 Å². The number of hydrogen-bond acceptors (Lipinski definition) is 5. The second-order valence-electron chi connectivity index (χ2n) is 5.20. The SMILES string of the molecule is CN1C2CCC1CN(c1nc(Cl)ncc1N)CC2. The van der Waals surface area contributed by atoms with E-state index in [0.717, 1.165) is 25.3 Å². The van der Waals surface area contributed by atoms with Crippen molar-refractivity contribution in [2.75, 3.05) is 30.8 Å². The first-order valence-electron chi connectivity index (χ1n) is 6.40. The summed E-state index contributed by atoms with van der Waals surface area (Å²) >= 11 is 5.87. The van der Waals surface area contributed by atoms with E-state index >= 15 is 0 Å². The third-order valence-corrected chi connectivity index (χ3v) is 4.40. The maximum atomic E-state index is 5.97. The Hall–Kier alpha value is -1.07. The Morgan fingerprint density at radius 2 is 2.11 bits per heavy atom. The van der Waals surface area contributed by atoms with E-state index in [-0.39, 0.29) is 5.28 Å². The molecule has 6 heteroatoms. The second-order valence-corrected chi connectivity index (χ2v) is 5.54. The van der Waals surface area contributed by atoms with Crippen LogP contribution in [0.1, 0.15) is 19.3 Å². The van der Waals surface area contributed by atoms with E-state index in [1.54, 1.807) is 6.20 Å². The predicted octanol–water partition coefficient (Wildman–Crippen LogP) is 1.39. The van der Waals surface area contributed by atoms with Crippen molar-refractivity contribution in [3.63, 3.8) is 0 Å². The molecule has 18 heavy (non-hydrogen) atoms. The largest absolute Gasteiger partial charge is 0.394 e. The fraction of sp³-hybridized carbons (Fsp3) is 0.667. The molecule has 2 unspecified atom stereocenters. The van der Waals surface area contributed by atoms with Gasteiger partial charge in [0.05, 0.1) is 11.9 Å². The Bertz CT molecular complexity index is 452. The molecule has 0 radical (unpaired) electrons. The quantitative estimate of drug-likeness (QED) is 0.779. The summed E-state index contributed by atoms with van der Waals surface area (Å²) in [6.45, 7) is 1.97. The van der Waals surface area contributed by atoms with Crippen LogP contribution < -0.4 is 10.6 Å². The van der Waals surface area contributed by atoms with Crippen LogP contribution >= 0.6 is 11.6 Å². The molecule has 0 spiro atoms. The molecule has 2 aliphatic rings. The molecule has 0 aliphatic carbocycles. The molecule has 2 aliphatic heterocycles. The summed E-state index contributed by atoms with van der Waals surface area (Å²) in [6.07, 6.45) is 5.33. The first-order chi connectivity index (χ1) is 8.65. The Labute approximate surface area is 112 Å². The van der Waals surface area contributed by atoms with Gasteiger partial charge in [0.1, 0.15) is 0 Å². The highest BCUT2D eigenvalue weighted by Crippen LogP contribution is 2.31. The van der Waals surface area contributed by atoms with Crippen LogP contribution in [0.4, 0.5) is 11.5 Å². The van der Waals surface area contributed by atoms with Crippen LogP contribution in [0.15, 0.2) is 6.20 Å². The third kappa shape index (κ3) is 2.01. The fourth-order valence-corrected chi connectivity index (χ4v) is 3.24. The maximum Gasteiger partial charge on any atom is 0.224 e. The summed E-state index contributed by atoms with van der Waals surface area (Å²) in [4.78, 5) is 12.9. The minimum Gasteiger partial charge on any atom is -0.394 e. The molecule has 2 atom stereocenters. The van der Waals surface area contributed by atoms with E-state index in [1.807, 2.05) is 0 Å². The summed E-state index contributed by atoms with van der Waals surface area (Å²) in [5, 5.41) is 0.266. The first-order valence-corrected chi connectivity index (χ1v) is 6.78. The number of anilines is 2. The van der Waals surface area contributed by atoms with Gasteiger partial charge in [0.25, 0.3) is 0 Å². The molecule has 2 saturated heterocycles. The standard InChI is InChI=1S/C12H18ClN5/c1-17-8-2-3-9(17)7-18(5-4-8)11-10(14)6-15-12(13)16-11/h6,8-9H,2-5,7,14H2,1H3. The van der Waals surface area contributed by atoms with Crippen molar-refractivity contribution in [3.8, 4) is 0 Å². The maximum absolute atomic E-state index is 5.97. The van der Waals surface area contributed by atoms with Gasteiger partial charge in [0.15, 0.2) is 5.82 Å². The molecule has 0 saturated carbocycles. The number of halogens is 1. The smallest absolute Gasteiger partial charge is 0.224 e. The summed E-state index contributed by atoms with van der Waals surface area (Å²) in [6, 6.07) is 1.31. The molecular weight excluding hydrogens is 250 g/mol. The van der Waals surface area contributed by atoms with E-state index in [1.165, 1.54) is 12.8 Å². The van der Waals surface area contributed by atoms with Gasteiger partial charge in [-0.25, -0.2) is 4.98 Å². The lowest BCUT2D eigenvalue weighted by atomic mass is 10.1. The molecule has 2 N–H and O–H groups in total. The van der Waals surface area contributed by atoms with Gasteiger partial charge in [-0.15, -0.1) is 0 Å².